The summed E-state index contributed by atoms with van der Waals surface area (Å²) in [4.78, 5) is 52.0. The van der Waals surface area contributed by atoms with Gasteiger partial charge in [-0.1, -0.05) is 18.2 Å². The van der Waals surface area contributed by atoms with Crippen LogP contribution in [0, 0.1) is 0 Å². The number of ether oxygens (including phenoxy) is 4. The highest BCUT2D eigenvalue weighted by Crippen LogP contribution is 2.49. The molecule has 2 aromatic rings. The number of halogens is 1. The summed E-state index contributed by atoms with van der Waals surface area (Å²) in [5.74, 6) is -5.77. The number of nitrogens with two attached hydrogens (primary N) is 1. The zero-order valence-electron chi connectivity index (χ0n) is 18.0. The molecule has 1 saturated heterocycles. The van der Waals surface area contributed by atoms with E-state index in [0.29, 0.717) is 0 Å². The molecule has 0 aliphatic carbocycles. The molecular formula is C21H22FN3O8. The molecule has 0 radical (unpaired) electrons. The van der Waals surface area contributed by atoms with Crippen molar-refractivity contribution in [2.75, 3.05) is 12.3 Å². The van der Waals surface area contributed by atoms with Gasteiger partial charge in [0, 0.05) is 20.0 Å². The summed E-state index contributed by atoms with van der Waals surface area (Å²) in [7, 11) is 0. The van der Waals surface area contributed by atoms with Gasteiger partial charge in [0.1, 0.15) is 5.82 Å². The lowest BCUT2D eigenvalue weighted by atomic mass is 9.94. The Bertz CT molecular complexity index is 1120. The van der Waals surface area contributed by atoms with E-state index in [1.807, 2.05) is 0 Å². The van der Waals surface area contributed by atoms with E-state index < -0.39 is 54.0 Å². The van der Waals surface area contributed by atoms with Crippen LogP contribution >= 0.6 is 0 Å². The number of carbonyl (C=O) groups excluding carboxylic acids is 3. The minimum Gasteiger partial charge on any atom is -0.456 e. The summed E-state index contributed by atoms with van der Waals surface area (Å²) in [6, 6.07) is 9.01. The Kier molecular flexibility index (Phi) is 6.49. The van der Waals surface area contributed by atoms with Crippen LogP contribution in [0.1, 0.15) is 37.4 Å². The predicted molar refractivity (Wildman–Crippen MR) is 109 cm³/mol. The zero-order chi connectivity index (χ0) is 24.4. The molecule has 0 saturated carbocycles. The van der Waals surface area contributed by atoms with Crippen LogP contribution in [0.5, 0.6) is 0 Å². The Morgan fingerprint density at radius 1 is 1.18 bits per heavy atom. The molecule has 33 heavy (non-hydrogen) atoms. The van der Waals surface area contributed by atoms with Gasteiger partial charge in [0.05, 0.1) is 5.56 Å². The third-order valence-corrected chi connectivity index (χ3v) is 4.87. The summed E-state index contributed by atoms with van der Waals surface area (Å²) < 4.78 is 38.0. The highest BCUT2D eigenvalue weighted by molar-refractivity contribution is 5.89. The molecule has 4 atom stereocenters. The van der Waals surface area contributed by atoms with Crippen molar-refractivity contribution in [1.82, 2.24) is 9.55 Å². The first kappa shape index (κ1) is 23.9. The smallest absolute Gasteiger partial charge is 0.351 e. The van der Waals surface area contributed by atoms with E-state index in [2.05, 4.69) is 4.98 Å². The van der Waals surface area contributed by atoms with Gasteiger partial charge in [-0.15, -0.1) is 0 Å². The van der Waals surface area contributed by atoms with Crippen LogP contribution in [0.2, 0.25) is 0 Å². The predicted octanol–water partition coefficient (Wildman–Crippen LogP) is 1.13. The number of aromatic nitrogens is 2. The topological polar surface area (TPSA) is 149 Å². The van der Waals surface area contributed by atoms with E-state index in [1.54, 1.807) is 18.2 Å². The number of alkyl halides is 1. The molecule has 12 heteroatoms. The fourth-order valence-electron chi connectivity index (χ4n) is 3.57. The van der Waals surface area contributed by atoms with Gasteiger partial charge in [0.2, 0.25) is 6.10 Å². The van der Waals surface area contributed by atoms with E-state index in [0.717, 1.165) is 24.6 Å². The summed E-state index contributed by atoms with van der Waals surface area (Å²) in [5.41, 5.74) is 2.66. The molecule has 1 aliphatic rings. The van der Waals surface area contributed by atoms with Gasteiger partial charge >= 0.3 is 23.6 Å². The van der Waals surface area contributed by atoms with E-state index in [1.165, 1.54) is 25.1 Å². The van der Waals surface area contributed by atoms with Crippen molar-refractivity contribution in [3.05, 3.63) is 58.6 Å². The van der Waals surface area contributed by atoms with Crippen LogP contribution in [0.4, 0.5) is 10.2 Å². The molecule has 0 spiro atoms. The highest BCUT2D eigenvalue weighted by Gasteiger charge is 2.69. The number of esters is 3. The quantitative estimate of drug-likeness (QED) is 0.488. The molecule has 1 fully saturated rings. The largest absolute Gasteiger partial charge is 0.456 e. The Balaban J connectivity index is 2.02. The van der Waals surface area contributed by atoms with Crippen molar-refractivity contribution < 1.29 is 37.7 Å². The van der Waals surface area contributed by atoms with E-state index >= 15 is 4.39 Å². The number of benzene rings is 1. The number of hydrogen-bond donors (Lipinski definition) is 1. The second-order valence-corrected chi connectivity index (χ2v) is 7.51. The fraction of sp³-hybridized carbons (Fsp3) is 0.381. The average molecular weight is 463 g/mol. The number of anilines is 1. The Morgan fingerprint density at radius 3 is 2.42 bits per heavy atom. The molecule has 2 heterocycles. The average Bonchev–Trinajstić information content (AvgIpc) is 2.94. The Hall–Kier alpha value is -3.80. The van der Waals surface area contributed by atoms with Crippen LogP contribution in [-0.4, -0.2) is 51.6 Å². The standard InChI is InChI=1S/C21H22FN3O8/c1-12(26)31-17-20(3,32-13(2)27)18(25-10-9-15(23)24-19(25)29)33-21(17,22)11-30-16(28)14-7-5-4-6-8-14/h4-10,17-18H,11H2,1-3H3,(H2,23,24,29)/t17-,18+,20+,21-/m0/s1. The maximum atomic E-state index is 16.2. The van der Waals surface area contributed by atoms with Gasteiger partial charge in [0.25, 0.3) is 5.85 Å². The van der Waals surface area contributed by atoms with E-state index in [-0.39, 0.29) is 11.4 Å². The van der Waals surface area contributed by atoms with Crippen molar-refractivity contribution in [3.8, 4) is 0 Å². The highest BCUT2D eigenvalue weighted by atomic mass is 19.2. The minimum atomic E-state index is -2.99. The molecule has 2 N–H and O–H groups in total. The number of nitrogens with zero attached hydrogens (tertiary/aromatic N) is 2. The van der Waals surface area contributed by atoms with Crippen molar-refractivity contribution in [3.63, 3.8) is 0 Å². The van der Waals surface area contributed by atoms with Crippen LogP contribution in [0.25, 0.3) is 0 Å². The molecule has 1 aromatic carbocycles. The molecule has 176 valence electrons. The molecule has 3 rings (SSSR count). The fourth-order valence-corrected chi connectivity index (χ4v) is 3.57. The second-order valence-electron chi connectivity index (χ2n) is 7.51. The van der Waals surface area contributed by atoms with Crippen LogP contribution < -0.4 is 11.4 Å². The summed E-state index contributed by atoms with van der Waals surface area (Å²) in [6.07, 6.45) is -2.40. The molecule has 0 bridgehead atoms. The molecular weight excluding hydrogens is 441 g/mol. The lowest BCUT2D eigenvalue weighted by molar-refractivity contribution is -0.217. The van der Waals surface area contributed by atoms with Crippen molar-refractivity contribution >= 4 is 23.7 Å². The monoisotopic (exact) mass is 463 g/mol. The third-order valence-electron chi connectivity index (χ3n) is 4.87. The summed E-state index contributed by atoms with van der Waals surface area (Å²) >= 11 is 0. The van der Waals surface area contributed by atoms with Crippen LogP contribution in [0.15, 0.2) is 47.4 Å². The number of carbonyl (C=O) groups is 3. The number of rotatable bonds is 6. The lowest BCUT2D eigenvalue weighted by Gasteiger charge is -2.34. The molecule has 11 nitrogen and oxygen atoms in total. The van der Waals surface area contributed by atoms with Crippen LogP contribution in [0.3, 0.4) is 0 Å². The normalized spacial score (nSPS) is 26.4. The molecule has 1 aromatic heterocycles. The van der Waals surface area contributed by atoms with E-state index in [9.17, 15) is 19.2 Å². The molecule has 0 unspecified atom stereocenters. The SMILES string of the molecule is CC(=O)O[C@H]1[C@@](C)(OC(C)=O)[C@H](n2ccc(N)nc2=O)O[C@@]1(F)COC(=O)c1ccccc1. The van der Waals surface area contributed by atoms with Crippen molar-refractivity contribution in [2.24, 2.45) is 0 Å². The van der Waals surface area contributed by atoms with Gasteiger partial charge < -0.3 is 24.7 Å². The molecule has 1 aliphatic heterocycles. The van der Waals surface area contributed by atoms with Gasteiger partial charge in [0.15, 0.2) is 18.4 Å². The zero-order valence-corrected chi connectivity index (χ0v) is 18.0. The maximum Gasteiger partial charge on any atom is 0.351 e. The summed E-state index contributed by atoms with van der Waals surface area (Å²) in [6.45, 7) is 2.23. The summed E-state index contributed by atoms with van der Waals surface area (Å²) in [5, 5.41) is 0. The molecule has 0 amide bonds. The first-order valence-corrected chi connectivity index (χ1v) is 9.76. The van der Waals surface area contributed by atoms with Crippen LogP contribution in [-0.2, 0) is 28.5 Å². The van der Waals surface area contributed by atoms with Crippen molar-refractivity contribution in [1.29, 1.82) is 0 Å². The Labute approximate surface area is 187 Å². The Morgan fingerprint density at radius 2 is 1.85 bits per heavy atom. The van der Waals surface area contributed by atoms with Crippen molar-refractivity contribution in [2.45, 2.75) is 44.6 Å². The number of hydrogen-bond acceptors (Lipinski definition) is 10. The van der Waals surface area contributed by atoms with Gasteiger partial charge in [-0.3, -0.25) is 14.2 Å². The first-order valence-electron chi connectivity index (χ1n) is 9.76. The second kappa shape index (κ2) is 8.98. The van der Waals surface area contributed by atoms with Gasteiger partial charge in [-0.2, -0.15) is 4.98 Å². The lowest BCUT2D eigenvalue weighted by Crippen LogP contribution is -2.54. The third kappa shape index (κ3) is 4.85. The van der Waals surface area contributed by atoms with E-state index in [4.69, 9.17) is 24.7 Å². The van der Waals surface area contributed by atoms with Gasteiger partial charge in [-0.05, 0) is 25.1 Å². The maximum absolute atomic E-state index is 16.2. The first-order chi connectivity index (χ1) is 15.5. The van der Waals surface area contributed by atoms with Gasteiger partial charge in [-0.25, -0.2) is 14.0 Å². The number of nitrogen functional groups attached to an aromatic ring is 1. The minimum absolute atomic E-state index is 0.108.